The van der Waals surface area contributed by atoms with Crippen molar-refractivity contribution in [3.05, 3.63) is 11.4 Å². The number of halogens is 3. The molecule has 1 heterocycles. The fraction of sp³-hybridized carbons (Fsp3) is 0.571. The summed E-state index contributed by atoms with van der Waals surface area (Å²) in [5.74, 6) is -1.29. The number of amides is 1. The predicted octanol–water partition coefficient (Wildman–Crippen LogP) is -0.222. The summed E-state index contributed by atoms with van der Waals surface area (Å²) in [5, 5.41) is 14.8. The zero-order valence-corrected chi connectivity index (χ0v) is 8.03. The van der Waals surface area contributed by atoms with Crippen LogP contribution < -0.4 is 5.73 Å². The van der Waals surface area contributed by atoms with Gasteiger partial charge in [-0.3, -0.25) is 4.79 Å². The Bertz CT molecular complexity index is 387. The normalized spacial score (nSPS) is 11.8. The third kappa shape index (κ3) is 2.48. The van der Waals surface area contributed by atoms with E-state index in [1.54, 1.807) is 0 Å². The van der Waals surface area contributed by atoms with Crippen molar-refractivity contribution in [1.82, 2.24) is 15.0 Å². The Morgan fingerprint density at radius 2 is 2.12 bits per heavy atom. The lowest BCUT2D eigenvalue weighted by atomic mass is 10.3. The minimum atomic E-state index is -4.76. The molecule has 0 aliphatic rings. The van der Waals surface area contributed by atoms with Crippen LogP contribution >= 0.6 is 0 Å². The van der Waals surface area contributed by atoms with Gasteiger partial charge < -0.3 is 10.8 Å². The van der Waals surface area contributed by atoms with Crippen LogP contribution in [-0.4, -0.2) is 32.6 Å². The molecule has 0 bridgehead atoms. The molecule has 0 aliphatic carbocycles. The molecule has 1 rings (SSSR count). The Morgan fingerprint density at radius 1 is 1.50 bits per heavy atom. The number of nitrogens with two attached hydrogens (primary N) is 1. The van der Waals surface area contributed by atoms with Gasteiger partial charge in [0.25, 0.3) is 5.91 Å². The van der Waals surface area contributed by atoms with E-state index in [-0.39, 0.29) is 19.6 Å². The van der Waals surface area contributed by atoms with Crippen LogP contribution in [0.15, 0.2) is 0 Å². The number of aromatic nitrogens is 3. The molecule has 0 atom stereocenters. The molecule has 1 aromatic heterocycles. The minimum absolute atomic E-state index is 0.0740. The maximum absolute atomic E-state index is 12.6. The summed E-state index contributed by atoms with van der Waals surface area (Å²) in [7, 11) is 0. The van der Waals surface area contributed by atoms with Crippen molar-refractivity contribution in [3.63, 3.8) is 0 Å². The second kappa shape index (κ2) is 4.47. The van der Waals surface area contributed by atoms with Crippen LogP contribution in [-0.2, 0) is 12.7 Å². The van der Waals surface area contributed by atoms with Gasteiger partial charge >= 0.3 is 6.18 Å². The molecule has 0 unspecified atom stereocenters. The fourth-order valence-corrected chi connectivity index (χ4v) is 1.14. The van der Waals surface area contributed by atoms with Crippen molar-refractivity contribution in [2.45, 2.75) is 19.1 Å². The summed E-state index contributed by atoms with van der Waals surface area (Å²) in [6, 6.07) is 0. The first-order valence-electron chi connectivity index (χ1n) is 4.29. The van der Waals surface area contributed by atoms with Crippen molar-refractivity contribution in [2.24, 2.45) is 5.73 Å². The van der Waals surface area contributed by atoms with Crippen molar-refractivity contribution < 1.29 is 23.1 Å². The molecule has 0 saturated carbocycles. The van der Waals surface area contributed by atoms with Crippen LogP contribution in [0.25, 0.3) is 0 Å². The lowest BCUT2D eigenvalue weighted by Crippen LogP contribution is -2.22. The average Bonchev–Trinajstić information content (AvgIpc) is 2.57. The molecule has 90 valence electrons. The van der Waals surface area contributed by atoms with E-state index in [2.05, 4.69) is 10.3 Å². The number of carbonyl (C=O) groups is 1. The van der Waals surface area contributed by atoms with Crippen LogP contribution in [0.2, 0.25) is 0 Å². The van der Waals surface area contributed by atoms with Crippen molar-refractivity contribution in [2.75, 3.05) is 6.61 Å². The second-order valence-corrected chi connectivity index (χ2v) is 2.95. The van der Waals surface area contributed by atoms with Crippen molar-refractivity contribution in [3.8, 4) is 0 Å². The smallest absolute Gasteiger partial charge is 0.396 e. The molecule has 16 heavy (non-hydrogen) atoms. The number of alkyl halides is 3. The first-order chi connectivity index (χ1) is 7.38. The molecule has 6 nitrogen and oxygen atoms in total. The molecule has 0 radical (unpaired) electrons. The van der Waals surface area contributed by atoms with Gasteiger partial charge in [-0.25, -0.2) is 4.68 Å². The third-order valence-electron chi connectivity index (χ3n) is 1.77. The van der Waals surface area contributed by atoms with Gasteiger partial charge in [-0.1, -0.05) is 5.21 Å². The topological polar surface area (TPSA) is 94.0 Å². The highest BCUT2D eigenvalue weighted by Crippen LogP contribution is 2.30. The van der Waals surface area contributed by atoms with E-state index in [0.29, 0.717) is 4.68 Å². The molecule has 0 spiro atoms. The van der Waals surface area contributed by atoms with Gasteiger partial charge in [0.15, 0.2) is 11.4 Å². The van der Waals surface area contributed by atoms with Gasteiger partial charge in [0.1, 0.15) is 0 Å². The zero-order valence-electron chi connectivity index (χ0n) is 8.03. The van der Waals surface area contributed by atoms with Crippen LogP contribution in [0.4, 0.5) is 13.2 Å². The van der Waals surface area contributed by atoms with E-state index < -0.39 is 23.5 Å². The number of carbonyl (C=O) groups excluding carboxylic acids is 1. The Hall–Kier alpha value is -1.64. The number of hydrogen-bond acceptors (Lipinski definition) is 4. The van der Waals surface area contributed by atoms with E-state index >= 15 is 0 Å². The molecule has 0 aliphatic heterocycles. The lowest BCUT2D eigenvalue weighted by molar-refractivity contribution is -0.144. The molecule has 0 fully saturated rings. The first kappa shape index (κ1) is 12.4. The number of rotatable bonds is 4. The van der Waals surface area contributed by atoms with Crippen molar-refractivity contribution in [1.29, 1.82) is 0 Å². The SMILES string of the molecule is NC(=O)c1nnn(CCCO)c1C(F)(F)F. The lowest BCUT2D eigenvalue weighted by Gasteiger charge is -2.09. The average molecular weight is 238 g/mol. The summed E-state index contributed by atoms with van der Waals surface area (Å²) >= 11 is 0. The number of nitrogens with zero attached hydrogens (tertiary/aromatic N) is 3. The summed E-state index contributed by atoms with van der Waals surface area (Å²) in [6.45, 7) is -0.477. The highest BCUT2D eigenvalue weighted by molar-refractivity contribution is 5.91. The first-order valence-corrected chi connectivity index (χ1v) is 4.29. The molecule has 0 saturated heterocycles. The summed E-state index contributed by atoms with van der Waals surface area (Å²) in [6.07, 6.45) is -4.69. The largest absolute Gasteiger partial charge is 0.435 e. The Kier molecular flexibility index (Phi) is 3.48. The van der Waals surface area contributed by atoms with Gasteiger partial charge in [0.05, 0.1) is 0 Å². The summed E-state index contributed by atoms with van der Waals surface area (Å²) in [5.41, 5.74) is 2.55. The molecule has 0 aromatic carbocycles. The standard InChI is InChI=1S/C7H9F3N4O2/c8-7(9,10)5-4(6(11)16)12-13-14(5)2-1-3-15/h15H,1-3H2,(H2,11,16). The van der Waals surface area contributed by atoms with Gasteiger partial charge in [-0.15, -0.1) is 5.10 Å². The maximum atomic E-state index is 12.6. The highest BCUT2D eigenvalue weighted by Gasteiger charge is 2.40. The minimum Gasteiger partial charge on any atom is -0.396 e. The molecule has 9 heteroatoms. The quantitative estimate of drug-likeness (QED) is 0.758. The van der Waals surface area contributed by atoms with Gasteiger partial charge in [-0.05, 0) is 6.42 Å². The summed E-state index contributed by atoms with van der Waals surface area (Å²) < 4.78 is 38.2. The van der Waals surface area contributed by atoms with Crippen LogP contribution in [0.1, 0.15) is 22.6 Å². The van der Waals surface area contributed by atoms with Crippen LogP contribution in [0.3, 0.4) is 0 Å². The van der Waals surface area contributed by atoms with Gasteiger partial charge in [0.2, 0.25) is 0 Å². The predicted molar refractivity (Wildman–Crippen MR) is 45.2 cm³/mol. The number of aryl methyl sites for hydroxylation is 1. The highest BCUT2D eigenvalue weighted by atomic mass is 19.4. The molecular formula is C7H9F3N4O2. The van der Waals surface area contributed by atoms with Gasteiger partial charge in [-0.2, -0.15) is 13.2 Å². The van der Waals surface area contributed by atoms with Gasteiger partial charge in [0, 0.05) is 13.2 Å². The maximum Gasteiger partial charge on any atom is 0.435 e. The third-order valence-corrected chi connectivity index (χ3v) is 1.77. The number of aliphatic hydroxyl groups excluding tert-OH is 1. The zero-order chi connectivity index (χ0) is 12.3. The van der Waals surface area contributed by atoms with E-state index in [0.717, 1.165) is 0 Å². The second-order valence-electron chi connectivity index (χ2n) is 2.95. The number of aliphatic hydroxyl groups is 1. The fourth-order valence-electron chi connectivity index (χ4n) is 1.14. The van der Waals surface area contributed by atoms with E-state index in [1.165, 1.54) is 0 Å². The molecule has 3 N–H and O–H groups in total. The summed E-state index contributed by atoms with van der Waals surface area (Å²) in [4.78, 5) is 10.7. The number of hydrogen-bond donors (Lipinski definition) is 2. The Labute approximate surface area is 87.8 Å². The van der Waals surface area contributed by atoms with Crippen molar-refractivity contribution >= 4 is 5.91 Å². The van der Waals surface area contributed by atoms with Crippen LogP contribution in [0, 0.1) is 0 Å². The molecule has 1 amide bonds. The molecular weight excluding hydrogens is 229 g/mol. The Balaban J connectivity index is 3.15. The Morgan fingerprint density at radius 3 is 2.56 bits per heavy atom. The van der Waals surface area contributed by atoms with E-state index in [1.807, 2.05) is 0 Å². The monoisotopic (exact) mass is 238 g/mol. The number of primary amides is 1. The van der Waals surface area contributed by atoms with E-state index in [4.69, 9.17) is 10.8 Å². The van der Waals surface area contributed by atoms with E-state index in [9.17, 15) is 18.0 Å². The molecule has 1 aromatic rings. The van der Waals surface area contributed by atoms with Crippen LogP contribution in [0.5, 0.6) is 0 Å².